The zero-order valence-electron chi connectivity index (χ0n) is 14.2. The molecule has 5 nitrogen and oxygen atoms in total. The van der Waals surface area contributed by atoms with Crippen LogP contribution in [0, 0.1) is 6.92 Å². The molecule has 2 aromatic carbocycles. The lowest BCUT2D eigenvalue weighted by Gasteiger charge is -2.08. The van der Waals surface area contributed by atoms with E-state index < -0.39 is 5.97 Å². The number of halogens is 2. The van der Waals surface area contributed by atoms with E-state index in [2.05, 4.69) is 5.10 Å². The summed E-state index contributed by atoms with van der Waals surface area (Å²) in [6.07, 6.45) is 0. The monoisotopic (exact) mass is 390 g/mol. The first-order valence-corrected chi connectivity index (χ1v) is 8.55. The maximum absolute atomic E-state index is 12.5. The first-order chi connectivity index (χ1) is 12.5. The van der Waals surface area contributed by atoms with Gasteiger partial charge in [-0.1, -0.05) is 40.9 Å². The number of carbonyl (C=O) groups is 1. The number of carbonyl (C=O) groups excluding carboxylic acids is 1. The number of ether oxygens (including phenoxy) is 2. The van der Waals surface area contributed by atoms with Gasteiger partial charge in [-0.15, -0.1) is 0 Å². The van der Waals surface area contributed by atoms with Gasteiger partial charge in [0.05, 0.1) is 33.6 Å². The highest BCUT2D eigenvalue weighted by Gasteiger charge is 2.17. The third kappa shape index (κ3) is 4.07. The summed E-state index contributed by atoms with van der Waals surface area (Å²) in [7, 11) is 1.58. The summed E-state index contributed by atoms with van der Waals surface area (Å²) in [4.78, 5) is 12.5. The predicted octanol–water partition coefficient (Wildman–Crippen LogP) is 4.85. The van der Waals surface area contributed by atoms with Crippen LogP contribution in [0.5, 0.6) is 5.88 Å². The van der Waals surface area contributed by atoms with Crippen LogP contribution in [0.4, 0.5) is 0 Å². The third-order valence-corrected chi connectivity index (χ3v) is 4.39. The molecule has 0 radical (unpaired) electrons. The molecule has 3 aromatic rings. The molecule has 0 aliphatic rings. The molecule has 3 rings (SSSR count). The number of benzene rings is 2. The van der Waals surface area contributed by atoms with E-state index in [9.17, 15) is 4.79 Å². The van der Waals surface area contributed by atoms with Gasteiger partial charge in [-0.3, -0.25) is 0 Å². The maximum Gasteiger partial charge on any atom is 0.344 e. The number of nitrogens with zero attached hydrogens (tertiary/aromatic N) is 2. The number of aryl methyl sites for hydroxylation is 1. The Bertz CT molecular complexity index is 936. The fraction of sp³-hybridized carbons (Fsp3) is 0.158. The van der Waals surface area contributed by atoms with Crippen LogP contribution in [0.15, 0.2) is 48.5 Å². The molecule has 26 heavy (non-hydrogen) atoms. The smallest absolute Gasteiger partial charge is 0.344 e. The number of aromatic nitrogens is 2. The fourth-order valence-electron chi connectivity index (χ4n) is 2.35. The molecule has 0 atom stereocenters. The van der Waals surface area contributed by atoms with Gasteiger partial charge in [-0.05, 0) is 37.3 Å². The van der Waals surface area contributed by atoms with E-state index in [1.165, 1.54) is 6.07 Å². The van der Waals surface area contributed by atoms with Crippen LogP contribution in [0.3, 0.4) is 0 Å². The quantitative estimate of drug-likeness (QED) is 0.584. The molecular formula is C19H16Cl2N2O3. The molecule has 1 aromatic heterocycles. The van der Waals surface area contributed by atoms with E-state index in [0.29, 0.717) is 22.9 Å². The lowest BCUT2D eigenvalue weighted by atomic mass is 10.2. The Kier molecular flexibility index (Phi) is 5.61. The van der Waals surface area contributed by atoms with Crippen LogP contribution in [0.1, 0.15) is 21.6 Å². The molecule has 0 bridgehead atoms. The topological polar surface area (TPSA) is 53.4 Å². The molecular weight excluding hydrogens is 375 g/mol. The lowest BCUT2D eigenvalue weighted by Crippen LogP contribution is -2.11. The molecule has 0 unspecified atom stereocenters. The fourth-order valence-corrected chi connectivity index (χ4v) is 2.65. The Morgan fingerprint density at radius 1 is 1.08 bits per heavy atom. The molecule has 0 aliphatic carbocycles. The zero-order valence-corrected chi connectivity index (χ0v) is 15.7. The van der Waals surface area contributed by atoms with Crippen LogP contribution in [-0.2, 0) is 11.3 Å². The second-order valence-corrected chi connectivity index (χ2v) is 6.49. The number of rotatable bonds is 5. The molecule has 7 heteroatoms. The summed E-state index contributed by atoms with van der Waals surface area (Å²) in [5, 5.41) is 5.10. The van der Waals surface area contributed by atoms with E-state index in [-0.39, 0.29) is 10.9 Å². The first-order valence-electron chi connectivity index (χ1n) is 7.80. The molecule has 0 spiro atoms. The van der Waals surface area contributed by atoms with Crippen molar-refractivity contribution in [2.24, 2.45) is 0 Å². The largest absolute Gasteiger partial charge is 0.404 e. The minimum absolute atomic E-state index is 0.285. The van der Waals surface area contributed by atoms with E-state index in [1.54, 1.807) is 30.0 Å². The minimum atomic E-state index is -0.555. The van der Waals surface area contributed by atoms with Crippen molar-refractivity contribution < 1.29 is 14.3 Å². The van der Waals surface area contributed by atoms with Gasteiger partial charge in [0, 0.05) is 13.2 Å². The standard InChI is InChI=1S/C19H16Cl2N2O3/c1-12-3-6-15(7-4-12)23-18(10-14(22-23)11-25-2)26-19(24)13-5-8-16(20)17(21)9-13/h3-10H,11H2,1-2H3. The molecule has 0 saturated carbocycles. The van der Waals surface area contributed by atoms with Crippen LogP contribution in [-0.4, -0.2) is 22.9 Å². The van der Waals surface area contributed by atoms with Gasteiger partial charge >= 0.3 is 5.97 Å². The number of hydrogen-bond donors (Lipinski definition) is 0. The van der Waals surface area contributed by atoms with E-state index in [1.807, 2.05) is 31.2 Å². The Hall–Kier alpha value is -2.34. The second kappa shape index (κ2) is 7.91. The maximum atomic E-state index is 12.5. The average Bonchev–Trinajstić information content (AvgIpc) is 3.00. The SMILES string of the molecule is COCc1cc(OC(=O)c2ccc(Cl)c(Cl)c2)n(-c2ccc(C)cc2)n1. The number of hydrogen-bond acceptors (Lipinski definition) is 4. The summed E-state index contributed by atoms with van der Waals surface area (Å²) in [6.45, 7) is 2.30. The Labute approximate surface area is 161 Å². The van der Waals surface area contributed by atoms with Gasteiger partial charge in [0.25, 0.3) is 0 Å². The van der Waals surface area contributed by atoms with Gasteiger partial charge < -0.3 is 9.47 Å². The minimum Gasteiger partial charge on any atom is -0.404 e. The number of methoxy groups -OCH3 is 1. The van der Waals surface area contributed by atoms with Crippen molar-refractivity contribution in [3.8, 4) is 11.6 Å². The summed E-state index contributed by atoms with van der Waals surface area (Å²) < 4.78 is 12.2. The van der Waals surface area contributed by atoms with Gasteiger partial charge in [0.15, 0.2) is 0 Å². The predicted molar refractivity (Wildman–Crippen MR) is 100 cm³/mol. The highest BCUT2D eigenvalue weighted by Crippen LogP contribution is 2.25. The van der Waals surface area contributed by atoms with E-state index in [4.69, 9.17) is 32.7 Å². The number of esters is 1. The normalized spacial score (nSPS) is 10.8. The average molecular weight is 391 g/mol. The van der Waals surface area contributed by atoms with Crippen molar-refractivity contribution in [1.29, 1.82) is 0 Å². The molecule has 0 fully saturated rings. The Morgan fingerprint density at radius 2 is 1.81 bits per heavy atom. The van der Waals surface area contributed by atoms with Crippen LogP contribution >= 0.6 is 23.2 Å². The van der Waals surface area contributed by atoms with Crippen molar-refractivity contribution in [3.05, 3.63) is 75.4 Å². The van der Waals surface area contributed by atoms with Crippen LogP contribution in [0.2, 0.25) is 10.0 Å². The van der Waals surface area contributed by atoms with Crippen LogP contribution in [0.25, 0.3) is 5.69 Å². The molecule has 0 amide bonds. The summed E-state index contributed by atoms with van der Waals surface area (Å²) in [6, 6.07) is 13.9. The summed E-state index contributed by atoms with van der Waals surface area (Å²) >= 11 is 11.9. The zero-order chi connectivity index (χ0) is 18.7. The van der Waals surface area contributed by atoms with Crippen molar-refractivity contribution in [3.63, 3.8) is 0 Å². The highest BCUT2D eigenvalue weighted by atomic mass is 35.5. The lowest BCUT2D eigenvalue weighted by molar-refractivity contribution is 0.0723. The highest BCUT2D eigenvalue weighted by molar-refractivity contribution is 6.42. The summed E-state index contributed by atoms with van der Waals surface area (Å²) in [5.74, 6) is -0.266. The summed E-state index contributed by atoms with van der Waals surface area (Å²) in [5.41, 5.74) is 2.83. The molecule has 0 saturated heterocycles. The van der Waals surface area contributed by atoms with Crippen LogP contribution < -0.4 is 4.74 Å². The van der Waals surface area contributed by atoms with Gasteiger partial charge in [-0.2, -0.15) is 5.10 Å². The van der Waals surface area contributed by atoms with Crippen molar-refractivity contribution in [1.82, 2.24) is 9.78 Å². The van der Waals surface area contributed by atoms with Crippen molar-refractivity contribution in [2.75, 3.05) is 7.11 Å². The van der Waals surface area contributed by atoms with Gasteiger partial charge in [0.2, 0.25) is 5.88 Å². The molecule has 0 N–H and O–H groups in total. The van der Waals surface area contributed by atoms with Crippen molar-refractivity contribution in [2.45, 2.75) is 13.5 Å². The second-order valence-electron chi connectivity index (χ2n) is 5.67. The molecule has 0 aliphatic heterocycles. The Morgan fingerprint density at radius 3 is 2.46 bits per heavy atom. The molecule has 1 heterocycles. The Balaban J connectivity index is 1.93. The van der Waals surface area contributed by atoms with E-state index in [0.717, 1.165) is 11.3 Å². The first kappa shape index (κ1) is 18.5. The van der Waals surface area contributed by atoms with E-state index >= 15 is 0 Å². The van der Waals surface area contributed by atoms with Gasteiger partial charge in [-0.25, -0.2) is 9.48 Å². The third-order valence-electron chi connectivity index (χ3n) is 3.65. The van der Waals surface area contributed by atoms with Crippen molar-refractivity contribution >= 4 is 29.2 Å². The molecule has 134 valence electrons. The van der Waals surface area contributed by atoms with Gasteiger partial charge in [0.1, 0.15) is 0 Å².